The molecule has 0 spiro atoms. The second-order valence-corrected chi connectivity index (χ2v) is 13.3. The van der Waals surface area contributed by atoms with E-state index < -0.39 is 11.9 Å². The van der Waals surface area contributed by atoms with Gasteiger partial charge >= 0.3 is 0 Å². The minimum absolute atomic E-state index is 0.216. The van der Waals surface area contributed by atoms with Crippen molar-refractivity contribution in [3.8, 4) is 17.3 Å². The predicted molar refractivity (Wildman–Crippen MR) is 151 cm³/mol. The molecular weight excluding hydrogens is 572 g/mol. The zero-order valence-electron chi connectivity index (χ0n) is 21.6. The van der Waals surface area contributed by atoms with Crippen LogP contribution in [0.1, 0.15) is 85.3 Å². The number of aromatic nitrogens is 2. The number of hydrogen-bond acceptors (Lipinski definition) is 7. The fraction of sp³-hybridized carbons (Fsp3) is 0.433. The second-order valence-electron chi connectivity index (χ2n) is 11.5. The summed E-state index contributed by atoms with van der Waals surface area (Å²) in [6.07, 6.45) is 6.15. The molecule has 2 aromatic carbocycles. The van der Waals surface area contributed by atoms with Crippen LogP contribution in [-0.4, -0.2) is 20.8 Å². The first kappa shape index (κ1) is 26.4. The SMILES string of the molecule is N#Cc1cc(F)c2nc(C(O)C34CCC(OCc5c(-c6c(Cl)cccc6Cl)noc5C5CC5)(CC3)CC4)sc2c1. The van der Waals surface area contributed by atoms with E-state index in [9.17, 15) is 14.8 Å². The molecule has 10 heteroatoms. The third-order valence-electron chi connectivity index (χ3n) is 9.13. The Labute approximate surface area is 244 Å². The molecule has 1 unspecified atom stereocenters. The van der Waals surface area contributed by atoms with Gasteiger partial charge in [-0.1, -0.05) is 34.4 Å². The Bertz CT molecular complexity index is 1630. The number of benzene rings is 2. The van der Waals surface area contributed by atoms with Gasteiger partial charge in [0.15, 0.2) is 5.82 Å². The first-order valence-corrected chi connectivity index (χ1v) is 15.1. The lowest BCUT2D eigenvalue weighted by Crippen LogP contribution is -2.49. The predicted octanol–water partition coefficient (Wildman–Crippen LogP) is 8.49. The zero-order chi connectivity index (χ0) is 27.6. The first-order chi connectivity index (χ1) is 19.3. The van der Waals surface area contributed by atoms with Crippen molar-refractivity contribution in [2.45, 2.75) is 75.6 Å². The Morgan fingerprint density at radius 1 is 1.15 bits per heavy atom. The number of hydrogen-bond donors (Lipinski definition) is 1. The van der Waals surface area contributed by atoms with E-state index in [0.29, 0.717) is 43.5 Å². The molecule has 2 bridgehead atoms. The average Bonchev–Trinajstić information content (AvgIpc) is 3.58. The van der Waals surface area contributed by atoms with Gasteiger partial charge in [-0.15, -0.1) is 11.3 Å². The minimum atomic E-state index is -0.790. The summed E-state index contributed by atoms with van der Waals surface area (Å²) in [7, 11) is 0. The maximum atomic E-state index is 14.5. The molecule has 40 heavy (non-hydrogen) atoms. The molecule has 4 aliphatic rings. The Morgan fingerprint density at radius 3 is 2.50 bits per heavy atom. The van der Waals surface area contributed by atoms with Gasteiger partial charge in [0.25, 0.3) is 0 Å². The van der Waals surface area contributed by atoms with Crippen LogP contribution in [0.15, 0.2) is 34.9 Å². The lowest BCUT2D eigenvalue weighted by Gasteiger charge is -2.54. The zero-order valence-corrected chi connectivity index (χ0v) is 23.9. The molecule has 8 rings (SSSR count). The summed E-state index contributed by atoms with van der Waals surface area (Å²) in [5, 5.41) is 26.6. The molecule has 1 atom stereocenters. The molecule has 4 saturated carbocycles. The highest BCUT2D eigenvalue weighted by Crippen LogP contribution is 2.60. The van der Waals surface area contributed by atoms with Gasteiger partial charge in [-0.25, -0.2) is 9.37 Å². The number of nitrogens with zero attached hydrogens (tertiary/aromatic N) is 3. The van der Waals surface area contributed by atoms with Crippen molar-refractivity contribution in [2.24, 2.45) is 5.41 Å². The Balaban J connectivity index is 1.10. The molecule has 6 nitrogen and oxygen atoms in total. The highest BCUT2D eigenvalue weighted by atomic mass is 35.5. The minimum Gasteiger partial charge on any atom is -0.385 e. The number of aliphatic hydroxyl groups excluding tert-OH is 1. The van der Waals surface area contributed by atoms with Crippen molar-refractivity contribution < 1.29 is 18.8 Å². The maximum Gasteiger partial charge on any atom is 0.151 e. The maximum absolute atomic E-state index is 14.5. The second kappa shape index (κ2) is 9.78. The van der Waals surface area contributed by atoms with E-state index in [1.165, 1.54) is 17.4 Å². The van der Waals surface area contributed by atoms with Gasteiger partial charge in [-0.3, -0.25) is 0 Å². The molecular formula is C30H26Cl2FN3O3S. The van der Waals surface area contributed by atoms with Gasteiger partial charge in [-0.05, 0) is 75.6 Å². The molecule has 4 fully saturated rings. The van der Waals surface area contributed by atoms with E-state index in [1.807, 2.05) is 12.1 Å². The van der Waals surface area contributed by atoms with Crippen LogP contribution in [0.2, 0.25) is 10.0 Å². The number of ether oxygens (including phenoxy) is 1. The van der Waals surface area contributed by atoms with Crippen LogP contribution < -0.4 is 0 Å². The van der Waals surface area contributed by atoms with E-state index in [4.69, 9.17) is 32.5 Å². The van der Waals surface area contributed by atoms with Crippen molar-refractivity contribution in [3.63, 3.8) is 0 Å². The van der Waals surface area contributed by atoms with E-state index in [2.05, 4.69) is 10.1 Å². The Morgan fingerprint density at radius 2 is 1.85 bits per heavy atom. The van der Waals surface area contributed by atoms with Crippen LogP contribution in [0.4, 0.5) is 4.39 Å². The van der Waals surface area contributed by atoms with Crippen LogP contribution in [0.3, 0.4) is 0 Å². The molecule has 0 saturated heterocycles. The lowest BCUT2D eigenvalue weighted by atomic mass is 9.56. The summed E-state index contributed by atoms with van der Waals surface area (Å²) in [5.41, 5.74) is 2.09. The summed E-state index contributed by atoms with van der Waals surface area (Å²) >= 11 is 14.3. The quantitative estimate of drug-likeness (QED) is 0.229. The average molecular weight is 599 g/mol. The summed E-state index contributed by atoms with van der Waals surface area (Å²) in [5.74, 6) is 0.682. The molecule has 1 N–H and O–H groups in total. The Hall–Kier alpha value is -2.54. The summed E-state index contributed by atoms with van der Waals surface area (Å²) in [6, 6.07) is 10.2. The topological polar surface area (TPSA) is 92.2 Å². The van der Waals surface area contributed by atoms with Crippen LogP contribution in [0, 0.1) is 22.6 Å². The molecule has 0 aliphatic heterocycles. The van der Waals surface area contributed by atoms with E-state index in [1.54, 1.807) is 18.2 Å². The molecule has 0 amide bonds. The lowest BCUT2D eigenvalue weighted by molar-refractivity contribution is -0.169. The summed E-state index contributed by atoms with van der Waals surface area (Å²) in [6.45, 7) is 0.361. The highest BCUT2D eigenvalue weighted by Gasteiger charge is 2.53. The fourth-order valence-corrected chi connectivity index (χ4v) is 8.26. The van der Waals surface area contributed by atoms with Gasteiger partial charge in [0.2, 0.25) is 0 Å². The van der Waals surface area contributed by atoms with Crippen molar-refractivity contribution in [1.82, 2.24) is 10.1 Å². The summed E-state index contributed by atoms with van der Waals surface area (Å²) < 4.78 is 27.6. The molecule has 4 aliphatic carbocycles. The van der Waals surface area contributed by atoms with Gasteiger partial charge in [0.05, 0.1) is 38.6 Å². The summed E-state index contributed by atoms with van der Waals surface area (Å²) in [4.78, 5) is 4.46. The van der Waals surface area contributed by atoms with Gasteiger partial charge in [0, 0.05) is 22.5 Å². The molecule has 0 radical (unpaired) electrons. The smallest absolute Gasteiger partial charge is 0.151 e. The van der Waals surface area contributed by atoms with E-state index >= 15 is 0 Å². The molecule has 2 heterocycles. The number of halogens is 3. The third kappa shape index (κ3) is 4.34. The van der Waals surface area contributed by atoms with Gasteiger partial charge in [0.1, 0.15) is 28.1 Å². The highest BCUT2D eigenvalue weighted by molar-refractivity contribution is 7.18. The number of nitriles is 1. The normalized spacial score (nSPS) is 24.9. The molecule has 4 aromatic rings. The fourth-order valence-electron chi connectivity index (χ4n) is 6.53. The van der Waals surface area contributed by atoms with Gasteiger partial charge in [-0.2, -0.15) is 5.26 Å². The molecule has 2 aromatic heterocycles. The van der Waals surface area contributed by atoms with Crippen molar-refractivity contribution >= 4 is 44.8 Å². The number of thiazole rings is 1. The van der Waals surface area contributed by atoms with Crippen molar-refractivity contribution in [1.29, 1.82) is 5.26 Å². The largest absolute Gasteiger partial charge is 0.385 e. The third-order valence-corrected chi connectivity index (χ3v) is 10.8. The van der Waals surface area contributed by atoms with Crippen molar-refractivity contribution in [2.75, 3.05) is 0 Å². The number of rotatable bonds is 7. The van der Waals surface area contributed by atoms with Crippen molar-refractivity contribution in [3.05, 3.63) is 68.1 Å². The van der Waals surface area contributed by atoms with Gasteiger partial charge < -0.3 is 14.4 Å². The first-order valence-electron chi connectivity index (χ1n) is 13.6. The number of aliphatic hydroxyl groups is 1. The Kier molecular flexibility index (Phi) is 6.45. The van der Waals surface area contributed by atoms with Crippen LogP contribution >= 0.6 is 34.5 Å². The number of fused-ring (bicyclic) bond motifs is 4. The van der Waals surface area contributed by atoms with Crippen LogP contribution in [0.25, 0.3) is 21.5 Å². The van der Waals surface area contributed by atoms with E-state index in [-0.39, 0.29) is 22.1 Å². The van der Waals surface area contributed by atoms with Crippen LogP contribution in [0.5, 0.6) is 0 Å². The molecule has 206 valence electrons. The standard InChI is InChI=1S/C30H26Cl2FN3O3S/c31-19-2-1-3-20(32)23(19)24-18(26(39-36-24)17-4-5-17)15-38-30-9-6-29(7-10-30,8-11-30)27(37)28-35-25-21(33)12-16(14-34)13-22(25)40-28/h1-3,12-13,17,27,37H,4-11,15H2. The monoisotopic (exact) mass is 597 g/mol. The van der Waals surface area contributed by atoms with E-state index in [0.717, 1.165) is 62.7 Å². The van der Waals surface area contributed by atoms with Crippen LogP contribution in [-0.2, 0) is 11.3 Å².